The number of benzene rings is 1. The molecule has 0 aliphatic carbocycles. The first-order valence-corrected chi connectivity index (χ1v) is 9.46. The fourth-order valence-electron chi connectivity index (χ4n) is 2.42. The van der Waals surface area contributed by atoms with Crippen molar-refractivity contribution in [3.8, 4) is 0 Å². The lowest BCUT2D eigenvalue weighted by Gasteiger charge is -2.10. The number of pyridine rings is 1. The molecule has 6 nitrogen and oxygen atoms in total. The molecule has 1 aromatic carbocycles. The maximum absolute atomic E-state index is 4.65. The number of halogens is 1. The van der Waals surface area contributed by atoms with E-state index in [1.54, 1.807) is 11.8 Å². The number of thioether (sulfide) groups is 1. The van der Waals surface area contributed by atoms with Gasteiger partial charge in [0.25, 0.3) is 0 Å². The predicted molar refractivity (Wildman–Crippen MR) is 118 cm³/mol. The van der Waals surface area contributed by atoms with Gasteiger partial charge in [-0.05, 0) is 43.0 Å². The van der Waals surface area contributed by atoms with Gasteiger partial charge in [-0.25, -0.2) is 4.99 Å². The maximum Gasteiger partial charge on any atom is 0.191 e. The van der Waals surface area contributed by atoms with Gasteiger partial charge in [0.2, 0.25) is 0 Å². The van der Waals surface area contributed by atoms with Crippen LogP contribution in [0.2, 0.25) is 0 Å². The van der Waals surface area contributed by atoms with E-state index in [9.17, 15) is 0 Å². The minimum atomic E-state index is 0. The number of nitrogens with one attached hydrogen (secondary N) is 2. The molecule has 3 aromatic rings. The van der Waals surface area contributed by atoms with Crippen LogP contribution in [-0.4, -0.2) is 33.4 Å². The fraction of sp³-hybridized carbons (Fsp3) is 0.278. The van der Waals surface area contributed by atoms with Crippen molar-refractivity contribution in [3.63, 3.8) is 0 Å². The van der Waals surface area contributed by atoms with E-state index in [1.165, 1.54) is 10.5 Å². The summed E-state index contributed by atoms with van der Waals surface area (Å²) in [5.74, 6) is 1.62. The molecule has 0 unspecified atom stereocenters. The Morgan fingerprint density at radius 3 is 2.65 bits per heavy atom. The molecule has 8 heteroatoms. The van der Waals surface area contributed by atoms with E-state index < -0.39 is 0 Å². The van der Waals surface area contributed by atoms with Gasteiger partial charge in [0.05, 0.1) is 13.1 Å². The predicted octanol–water partition coefficient (Wildman–Crippen LogP) is 3.32. The van der Waals surface area contributed by atoms with Crippen molar-refractivity contribution in [1.82, 2.24) is 25.2 Å². The molecule has 0 radical (unpaired) electrons. The summed E-state index contributed by atoms with van der Waals surface area (Å²) in [7, 11) is 0. The molecule has 2 N–H and O–H groups in total. The first-order chi connectivity index (χ1) is 12.3. The molecule has 0 saturated heterocycles. The van der Waals surface area contributed by atoms with Crippen molar-refractivity contribution in [1.29, 1.82) is 0 Å². The maximum atomic E-state index is 4.65. The second-order valence-electron chi connectivity index (χ2n) is 5.44. The standard InChI is InChI=1S/C18H22N6S.HI/c1-3-19-18(20-12-14-7-9-15(25-2)10-8-14)21-13-17-23-22-16-6-4-5-11-24(16)17;/h4-11H,3,12-13H2,1-2H3,(H2,19,20,21);1H. The molecule has 138 valence electrons. The van der Waals surface area contributed by atoms with Gasteiger partial charge in [-0.15, -0.1) is 45.9 Å². The SMILES string of the molecule is CCNC(=NCc1ccc(SC)cc1)NCc1nnc2ccccn12.I. The number of hydrogen-bond donors (Lipinski definition) is 2. The van der Waals surface area contributed by atoms with Gasteiger partial charge < -0.3 is 10.6 Å². The van der Waals surface area contributed by atoms with Gasteiger partial charge >= 0.3 is 0 Å². The first kappa shape index (κ1) is 20.5. The van der Waals surface area contributed by atoms with Crippen molar-refractivity contribution in [2.45, 2.75) is 24.9 Å². The van der Waals surface area contributed by atoms with Crippen LogP contribution in [-0.2, 0) is 13.1 Å². The highest BCUT2D eigenvalue weighted by molar-refractivity contribution is 14.0. The van der Waals surface area contributed by atoms with Crippen LogP contribution in [0, 0.1) is 0 Å². The third kappa shape index (κ3) is 5.34. The van der Waals surface area contributed by atoms with Crippen LogP contribution in [0.3, 0.4) is 0 Å². The van der Waals surface area contributed by atoms with E-state index in [1.807, 2.05) is 28.8 Å². The van der Waals surface area contributed by atoms with E-state index in [-0.39, 0.29) is 24.0 Å². The van der Waals surface area contributed by atoms with Gasteiger partial charge in [-0.1, -0.05) is 18.2 Å². The van der Waals surface area contributed by atoms with Crippen LogP contribution in [0.1, 0.15) is 18.3 Å². The highest BCUT2D eigenvalue weighted by Gasteiger charge is 2.05. The van der Waals surface area contributed by atoms with Gasteiger partial charge in [0.15, 0.2) is 17.4 Å². The van der Waals surface area contributed by atoms with E-state index in [4.69, 9.17) is 0 Å². The molecule has 0 aliphatic heterocycles. The number of guanidine groups is 1. The molecule has 0 amide bonds. The number of rotatable bonds is 6. The van der Waals surface area contributed by atoms with Crippen LogP contribution in [0.15, 0.2) is 58.5 Å². The van der Waals surface area contributed by atoms with Crippen molar-refractivity contribution in [3.05, 3.63) is 60.0 Å². The molecule has 0 saturated carbocycles. The zero-order valence-electron chi connectivity index (χ0n) is 14.8. The number of hydrogen-bond acceptors (Lipinski definition) is 4. The largest absolute Gasteiger partial charge is 0.357 e. The molecule has 26 heavy (non-hydrogen) atoms. The minimum Gasteiger partial charge on any atom is -0.357 e. The van der Waals surface area contributed by atoms with E-state index in [0.29, 0.717) is 13.1 Å². The van der Waals surface area contributed by atoms with E-state index >= 15 is 0 Å². The van der Waals surface area contributed by atoms with Crippen LogP contribution < -0.4 is 10.6 Å². The van der Waals surface area contributed by atoms with Gasteiger partial charge in [0, 0.05) is 17.6 Å². The molecular formula is C18H23IN6S. The average molecular weight is 482 g/mol. The Hall–Kier alpha value is -1.81. The zero-order valence-corrected chi connectivity index (χ0v) is 18.0. The van der Waals surface area contributed by atoms with Crippen molar-refractivity contribution < 1.29 is 0 Å². The minimum absolute atomic E-state index is 0. The summed E-state index contributed by atoms with van der Waals surface area (Å²) < 4.78 is 1.97. The Morgan fingerprint density at radius 1 is 1.12 bits per heavy atom. The summed E-state index contributed by atoms with van der Waals surface area (Å²) in [6, 6.07) is 14.3. The topological polar surface area (TPSA) is 66.6 Å². The zero-order chi connectivity index (χ0) is 17.5. The molecule has 0 atom stereocenters. The second kappa shape index (κ2) is 10.4. The van der Waals surface area contributed by atoms with Gasteiger partial charge in [-0.3, -0.25) is 4.40 Å². The van der Waals surface area contributed by atoms with Crippen LogP contribution in [0.5, 0.6) is 0 Å². The molecule has 2 heterocycles. The van der Waals surface area contributed by atoms with E-state index in [2.05, 4.69) is 63.3 Å². The summed E-state index contributed by atoms with van der Waals surface area (Å²) in [4.78, 5) is 5.91. The third-order valence-corrected chi connectivity index (χ3v) is 4.46. The molecule has 2 aromatic heterocycles. The van der Waals surface area contributed by atoms with Crippen molar-refractivity contribution >= 4 is 47.3 Å². The van der Waals surface area contributed by atoms with Crippen LogP contribution in [0.25, 0.3) is 5.65 Å². The Balaban J connectivity index is 0.00000243. The van der Waals surface area contributed by atoms with Crippen molar-refractivity contribution in [2.24, 2.45) is 4.99 Å². The smallest absolute Gasteiger partial charge is 0.191 e. The monoisotopic (exact) mass is 482 g/mol. The summed E-state index contributed by atoms with van der Waals surface area (Å²) >= 11 is 1.74. The molecule has 3 rings (SSSR count). The summed E-state index contributed by atoms with van der Waals surface area (Å²) in [6.07, 6.45) is 4.04. The summed E-state index contributed by atoms with van der Waals surface area (Å²) in [5, 5.41) is 15.0. The van der Waals surface area contributed by atoms with Gasteiger partial charge in [-0.2, -0.15) is 0 Å². The molecule has 0 bridgehead atoms. The third-order valence-electron chi connectivity index (χ3n) is 3.72. The number of nitrogens with zero attached hydrogens (tertiary/aromatic N) is 4. The summed E-state index contributed by atoms with van der Waals surface area (Å²) in [5.41, 5.74) is 2.03. The highest BCUT2D eigenvalue weighted by Crippen LogP contribution is 2.15. The van der Waals surface area contributed by atoms with Crippen molar-refractivity contribution in [2.75, 3.05) is 12.8 Å². The number of fused-ring (bicyclic) bond motifs is 1. The quantitative estimate of drug-likeness (QED) is 0.244. The normalized spacial score (nSPS) is 11.2. The number of aliphatic imine (C=N–C) groups is 1. The molecule has 0 fully saturated rings. The van der Waals surface area contributed by atoms with Crippen LogP contribution >= 0.6 is 35.7 Å². The lowest BCUT2D eigenvalue weighted by molar-refractivity contribution is 0.765. The molecular weight excluding hydrogens is 459 g/mol. The Morgan fingerprint density at radius 2 is 1.92 bits per heavy atom. The first-order valence-electron chi connectivity index (χ1n) is 8.24. The lowest BCUT2D eigenvalue weighted by Crippen LogP contribution is -2.37. The average Bonchev–Trinajstić information content (AvgIpc) is 3.07. The Labute approximate surface area is 174 Å². The number of aromatic nitrogens is 3. The van der Waals surface area contributed by atoms with Gasteiger partial charge in [0.1, 0.15) is 0 Å². The fourth-order valence-corrected chi connectivity index (χ4v) is 2.83. The van der Waals surface area contributed by atoms with E-state index in [0.717, 1.165) is 24.0 Å². The Bertz CT molecular complexity index is 846. The Kier molecular flexibility index (Phi) is 8.17. The van der Waals surface area contributed by atoms with Crippen LogP contribution in [0.4, 0.5) is 0 Å². The molecule has 0 aliphatic rings. The highest BCUT2D eigenvalue weighted by atomic mass is 127. The summed E-state index contributed by atoms with van der Waals surface area (Å²) in [6.45, 7) is 4.04. The molecule has 0 spiro atoms. The second-order valence-corrected chi connectivity index (χ2v) is 6.32. The lowest BCUT2D eigenvalue weighted by atomic mass is 10.2.